The van der Waals surface area contributed by atoms with Gasteiger partial charge in [-0.05, 0) is 36.7 Å². The summed E-state index contributed by atoms with van der Waals surface area (Å²) >= 11 is 0. The topological polar surface area (TPSA) is 38.3 Å². The largest absolute Gasteiger partial charge is 0.461 e. The molecule has 0 aliphatic rings. The molecule has 0 amide bonds. The lowest BCUT2D eigenvalue weighted by atomic mass is 10.2. The predicted molar refractivity (Wildman–Crippen MR) is 69.6 cm³/mol. The lowest BCUT2D eigenvalue weighted by Gasteiger charge is -2.03. The molecule has 1 aromatic carbocycles. The molecular formula is C14H18FNO2. The Kier molecular flexibility index (Phi) is 6.72. The highest BCUT2D eigenvalue weighted by molar-refractivity contribution is 5.87. The van der Waals surface area contributed by atoms with E-state index in [0.29, 0.717) is 13.2 Å². The Hall–Kier alpha value is -1.68. The first-order valence-corrected chi connectivity index (χ1v) is 6.03. The Bertz CT molecular complexity index is 387. The zero-order valence-corrected chi connectivity index (χ0v) is 10.5. The van der Waals surface area contributed by atoms with Gasteiger partial charge in [-0.15, -0.1) is 0 Å². The summed E-state index contributed by atoms with van der Waals surface area (Å²) in [4.78, 5) is 11.3. The van der Waals surface area contributed by atoms with E-state index in [2.05, 4.69) is 12.2 Å². The van der Waals surface area contributed by atoms with E-state index >= 15 is 0 Å². The molecule has 0 radical (unpaired) electrons. The molecule has 0 aliphatic heterocycles. The molecule has 0 aromatic heterocycles. The Labute approximate surface area is 107 Å². The van der Waals surface area contributed by atoms with E-state index in [4.69, 9.17) is 4.74 Å². The fraction of sp³-hybridized carbons (Fsp3) is 0.357. The second kappa shape index (κ2) is 8.42. The third-order valence-electron chi connectivity index (χ3n) is 2.23. The first-order valence-electron chi connectivity index (χ1n) is 6.03. The van der Waals surface area contributed by atoms with Crippen molar-refractivity contribution in [2.45, 2.75) is 13.3 Å². The van der Waals surface area contributed by atoms with Crippen molar-refractivity contribution in [2.24, 2.45) is 0 Å². The fourth-order valence-electron chi connectivity index (χ4n) is 1.31. The van der Waals surface area contributed by atoms with Gasteiger partial charge in [-0.25, -0.2) is 9.18 Å². The van der Waals surface area contributed by atoms with Gasteiger partial charge in [0.25, 0.3) is 0 Å². The highest BCUT2D eigenvalue weighted by Gasteiger charge is 1.96. The van der Waals surface area contributed by atoms with Crippen molar-refractivity contribution in [3.05, 3.63) is 41.7 Å². The normalized spacial score (nSPS) is 10.8. The Morgan fingerprint density at radius 2 is 2.06 bits per heavy atom. The minimum absolute atomic E-state index is 0.295. The zero-order valence-electron chi connectivity index (χ0n) is 10.5. The zero-order chi connectivity index (χ0) is 13.2. The van der Waals surface area contributed by atoms with Gasteiger partial charge < -0.3 is 10.1 Å². The first kappa shape index (κ1) is 14.4. The van der Waals surface area contributed by atoms with E-state index in [1.165, 1.54) is 18.2 Å². The molecule has 4 heteroatoms. The summed E-state index contributed by atoms with van der Waals surface area (Å²) in [5.74, 6) is -0.686. The van der Waals surface area contributed by atoms with Crippen molar-refractivity contribution < 1.29 is 13.9 Å². The third-order valence-corrected chi connectivity index (χ3v) is 2.23. The lowest BCUT2D eigenvalue weighted by Crippen LogP contribution is -2.21. The van der Waals surface area contributed by atoms with Gasteiger partial charge in [0.1, 0.15) is 12.4 Å². The maximum absolute atomic E-state index is 12.6. The average molecular weight is 251 g/mol. The number of hydrogen-bond acceptors (Lipinski definition) is 3. The van der Waals surface area contributed by atoms with Crippen molar-refractivity contribution >= 4 is 12.0 Å². The summed E-state index contributed by atoms with van der Waals surface area (Å²) < 4.78 is 17.6. The maximum Gasteiger partial charge on any atom is 0.330 e. The van der Waals surface area contributed by atoms with Crippen molar-refractivity contribution in [1.82, 2.24) is 5.32 Å². The number of halogens is 1. The van der Waals surface area contributed by atoms with Crippen LogP contribution in [-0.4, -0.2) is 25.7 Å². The molecule has 0 aliphatic carbocycles. The summed E-state index contributed by atoms with van der Waals surface area (Å²) in [7, 11) is 0. The van der Waals surface area contributed by atoms with Crippen LogP contribution in [0.5, 0.6) is 0 Å². The Morgan fingerprint density at radius 1 is 1.33 bits per heavy atom. The standard InChI is InChI=1S/C14H18FNO2/c1-2-9-16-10-11-18-14(17)8-5-12-3-6-13(15)7-4-12/h3-8,16H,2,9-11H2,1H3/b8-5+. The summed E-state index contributed by atoms with van der Waals surface area (Å²) in [6.07, 6.45) is 3.99. The molecule has 0 fully saturated rings. The van der Waals surface area contributed by atoms with E-state index in [1.807, 2.05) is 0 Å². The predicted octanol–water partition coefficient (Wildman–Crippen LogP) is 2.38. The van der Waals surface area contributed by atoms with Gasteiger partial charge in [0.05, 0.1) is 0 Å². The number of ether oxygens (including phenoxy) is 1. The molecule has 18 heavy (non-hydrogen) atoms. The monoisotopic (exact) mass is 251 g/mol. The fourth-order valence-corrected chi connectivity index (χ4v) is 1.31. The van der Waals surface area contributed by atoms with Crippen LogP contribution in [0.25, 0.3) is 6.08 Å². The molecule has 0 atom stereocenters. The van der Waals surface area contributed by atoms with Gasteiger partial charge in [0.2, 0.25) is 0 Å². The van der Waals surface area contributed by atoms with Gasteiger partial charge in [-0.2, -0.15) is 0 Å². The van der Waals surface area contributed by atoms with Gasteiger partial charge in [-0.3, -0.25) is 0 Å². The van der Waals surface area contributed by atoms with Crippen LogP contribution in [0.2, 0.25) is 0 Å². The summed E-state index contributed by atoms with van der Waals surface area (Å²) in [6.45, 7) is 4.00. The number of carbonyl (C=O) groups excluding carboxylic acids is 1. The second-order valence-electron chi connectivity index (χ2n) is 3.80. The molecule has 0 heterocycles. The molecule has 1 N–H and O–H groups in total. The third kappa shape index (κ3) is 6.15. The highest BCUT2D eigenvalue weighted by atomic mass is 19.1. The molecular weight excluding hydrogens is 233 g/mol. The van der Waals surface area contributed by atoms with Crippen LogP contribution < -0.4 is 5.32 Å². The minimum atomic E-state index is -0.391. The summed E-state index contributed by atoms with van der Waals surface area (Å²) in [5, 5.41) is 3.13. The molecule has 1 aromatic rings. The van der Waals surface area contributed by atoms with Gasteiger partial charge in [-0.1, -0.05) is 19.1 Å². The van der Waals surface area contributed by atoms with E-state index in [0.717, 1.165) is 18.5 Å². The van der Waals surface area contributed by atoms with Crippen molar-refractivity contribution in [3.8, 4) is 0 Å². The number of esters is 1. The van der Waals surface area contributed by atoms with Crippen molar-refractivity contribution in [2.75, 3.05) is 19.7 Å². The van der Waals surface area contributed by atoms with Crippen LogP contribution >= 0.6 is 0 Å². The first-order chi connectivity index (χ1) is 8.72. The summed E-state index contributed by atoms with van der Waals surface area (Å²) in [6, 6.07) is 5.89. The van der Waals surface area contributed by atoms with Crippen LogP contribution in [0.3, 0.4) is 0 Å². The van der Waals surface area contributed by atoms with Crippen LogP contribution in [0.1, 0.15) is 18.9 Å². The Morgan fingerprint density at radius 3 is 2.72 bits per heavy atom. The van der Waals surface area contributed by atoms with E-state index in [-0.39, 0.29) is 5.82 Å². The van der Waals surface area contributed by atoms with Crippen LogP contribution in [0.4, 0.5) is 4.39 Å². The second-order valence-corrected chi connectivity index (χ2v) is 3.80. The molecule has 0 saturated carbocycles. The van der Waals surface area contributed by atoms with E-state index in [9.17, 15) is 9.18 Å². The molecule has 98 valence electrons. The van der Waals surface area contributed by atoms with Crippen LogP contribution in [-0.2, 0) is 9.53 Å². The summed E-state index contributed by atoms with van der Waals surface area (Å²) in [5.41, 5.74) is 0.762. The number of rotatable bonds is 7. The Balaban J connectivity index is 2.25. The average Bonchev–Trinajstić information content (AvgIpc) is 2.38. The highest BCUT2D eigenvalue weighted by Crippen LogP contribution is 2.04. The number of benzene rings is 1. The number of carbonyl (C=O) groups is 1. The van der Waals surface area contributed by atoms with E-state index < -0.39 is 5.97 Å². The van der Waals surface area contributed by atoms with Gasteiger partial charge >= 0.3 is 5.97 Å². The molecule has 0 unspecified atom stereocenters. The molecule has 0 bridgehead atoms. The van der Waals surface area contributed by atoms with Crippen LogP contribution in [0, 0.1) is 5.82 Å². The van der Waals surface area contributed by atoms with Gasteiger partial charge in [0, 0.05) is 12.6 Å². The quantitative estimate of drug-likeness (QED) is 0.459. The van der Waals surface area contributed by atoms with Crippen molar-refractivity contribution in [3.63, 3.8) is 0 Å². The number of nitrogens with one attached hydrogen (secondary N) is 1. The molecule has 3 nitrogen and oxygen atoms in total. The number of hydrogen-bond donors (Lipinski definition) is 1. The SMILES string of the molecule is CCCNCCOC(=O)/C=C/c1ccc(F)cc1. The van der Waals surface area contributed by atoms with Gasteiger partial charge in [0.15, 0.2) is 0 Å². The van der Waals surface area contributed by atoms with E-state index in [1.54, 1.807) is 18.2 Å². The lowest BCUT2D eigenvalue weighted by molar-refractivity contribution is -0.137. The molecule has 0 spiro atoms. The maximum atomic E-state index is 12.6. The molecule has 1 rings (SSSR count). The van der Waals surface area contributed by atoms with Crippen molar-refractivity contribution in [1.29, 1.82) is 0 Å². The smallest absolute Gasteiger partial charge is 0.330 e. The molecule has 0 saturated heterocycles. The van der Waals surface area contributed by atoms with Crippen LogP contribution in [0.15, 0.2) is 30.3 Å². The minimum Gasteiger partial charge on any atom is -0.461 e.